The lowest BCUT2D eigenvalue weighted by Gasteiger charge is -2.19. The first-order valence-electron chi connectivity index (χ1n) is 7.60. The van der Waals surface area contributed by atoms with Crippen LogP contribution in [0.15, 0.2) is 46.9 Å². The molecule has 0 heterocycles. The fourth-order valence-corrected chi connectivity index (χ4v) is 2.62. The zero-order valence-corrected chi connectivity index (χ0v) is 14.9. The molecule has 0 spiro atoms. The molecule has 1 atom stereocenters. The number of amides is 1. The SMILES string of the molecule is N#Cc1ccc(NC(=O)O[C@@H](CCCO)c2cc(Br)ccc2O)cc1. The van der Waals surface area contributed by atoms with Gasteiger partial charge in [0.25, 0.3) is 0 Å². The lowest BCUT2D eigenvalue weighted by Crippen LogP contribution is -2.18. The van der Waals surface area contributed by atoms with Crippen LogP contribution in [0.1, 0.15) is 30.1 Å². The van der Waals surface area contributed by atoms with Crippen LogP contribution >= 0.6 is 15.9 Å². The number of aromatic hydroxyl groups is 1. The molecule has 0 aliphatic rings. The highest BCUT2D eigenvalue weighted by Crippen LogP contribution is 2.33. The van der Waals surface area contributed by atoms with E-state index in [1.165, 1.54) is 6.07 Å². The molecule has 0 aliphatic heterocycles. The number of benzene rings is 2. The average Bonchev–Trinajstić information content (AvgIpc) is 2.61. The summed E-state index contributed by atoms with van der Waals surface area (Å²) in [6.45, 7) is -0.0497. The van der Waals surface area contributed by atoms with Crippen molar-refractivity contribution >= 4 is 27.7 Å². The van der Waals surface area contributed by atoms with Crippen LogP contribution in [0.3, 0.4) is 0 Å². The van der Waals surface area contributed by atoms with Crippen LogP contribution in [-0.4, -0.2) is 22.9 Å². The van der Waals surface area contributed by atoms with Gasteiger partial charge in [-0.1, -0.05) is 15.9 Å². The Morgan fingerprint density at radius 1 is 1.28 bits per heavy atom. The summed E-state index contributed by atoms with van der Waals surface area (Å²) < 4.78 is 6.17. The third-order valence-corrected chi connectivity index (χ3v) is 3.96. The van der Waals surface area contributed by atoms with Crippen molar-refractivity contribution in [1.29, 1.82) is 5.26 Å². The van der Waals surface area contributed by atoms with Gasteiger partial charge in [0, 0.05) is 22.3 Å². The minimum atomic E-state index is -0.706. The highest BCUT2D eigenvalue weighted by molar-refractivity contribution is 9.10. The molecule has 0 saturated carbocycles. The predicted octanol–water partition coefficient (Wildman–Crippen LogP) is 4.09. The van der Waals surface area contributed by atoms with E-state index in [0.717, 1.165) is 4.47 Å². The van der Waals surface area contributed by atoms with Gasteiger partial charge in [0.1, 0.15) is 11.9 Å². The van der Waals surface area contributed by atoms with E-state index in [1.807, 2.05) is 6.07 Å². The van der Waals surface area contributed by atoms with Crippen LogP contribution in [0.2, 0.25) is 0 Å². The number of carbonyl (C=O) groups is 1. The zero-order valence-electron chi connectivity index (χ0n) is 13.3. The summed E-state index contributed by atoms with van der Waals surface area (Å²) in [6, 6.07) is 13.2. The van der Waals surface area contributed by atoms with Crippen molar-refractivity contribution in [3.63, 3.8) is 0 Å². The molecule has 0 aromatic heterocycles. The minimum Gasteiger partial charge on any atom is -0.508 e. The summed E-state index contributed by atoms with van der Waals surface area (Å²) >= 11 is 3.32. The molecule has 0 radical (unpaired) electrons. The molecule has 2 aromatic rings. The van der Waals surface area contributed by atoms with E-state index in [1.54, 1.807) is 36.4 Å². The van der Waals surface area contributed by atoms with Crippen LogP contribution in [-0.2, 0) is 4.74 Å². The highest BCUT2D eigenvalue weighted by atomic mass is 79.9. The third kappa shape index (κ3) is 5.48. The number of aliphatic hydroxyl groups is 1. The van der Waals surface area contributed by atoms with E-state index in [-0.39, 0.29) is 12.4 Å². The van der Waals surface area contributed by atoms with Crippen molar-refractivity contribution in [3.05, 3.63) is 58.1 Å². The standard InChI is InChI=1S/C18H17BrN2O4/c19-13-5-8-16(23)15(10-13)17(2-1-9-22)25-18(24)21-14-6-3-12(11-20)4-7-14/h3-8,10,17,22-23H,1-2,9H2,(H,21,24)/t17-/m0/s1. The van der Waals surface area contributed by atoms with Gasteiger partial charge in [0.05, 0.1) is 11.6 Å². The number of nitriles is 1. The average molecular weight is 405 g/mol. The number of carbonyl (C=O) groups excluding carboxylic acids is 1. The lowest BCUT2D eigenvalue weighted by atomic mass is 10.0. The molecule has 6 nitrogen and oxygen atoms in total. The number of halogens is 1. The Bertz CT molecular complexity index is 772. The normalized spacial score (nSPS) is 11.4. The summed E-state index contributed by atoms with van der Waals surface area (Å²) in [5.41, 5.74) is 1.43. The molecule has 0 bridgehead atoms. The van der Waals surface area contributed by atoms with Gasteiger partial charge in [-0.2, -0.15) is 5.26 Å². The quantitative estimate of drug-likeness (QED) is 0.672. The first kappa shape index (κ1) is 18.8. The van der Waals surface area contributed by atoms with Crippen LogP contribution < -0.4 is 5.32 Å². The maximum absolute atomic E-state index is 12.2. The van der Waals surface area contributed by atoms with Gasteiger partial charge in [-0.25, -0.2) is 4.79 Å². The number of phenolic OH excluding ortho intramolecular Hbond substituents is 1. The zero-order chi connectivity index (χ0) is 18.2. The Hall–Kier alpha value is -2.56. The van der Waals surface area contributed by atoms with E-state index in [9.17, 15) is 9.90 Å². The molecule has 2 aromatic carbocycles. The number of hydrogen-bond acceptors (Lipinski definition) is 5. The van der Waals surface area contributed by atoms with Crippen molar-refractivity contribution in [1.82, 2.24) is 0 Å². The van der Waals surface area contributed by atoms with E-state index >= 15 is 0 Å². The van der Waals surface area contributed by atoms with Gasteiger partial charge in [0.2, 0.25) is 0 Å². The maximum Gasteiger partial charge on any atom is 0.412 e. The predicted molar refractivity (Wildman–Crippen MR) is 96.1 cm³/mol. The van der Waals surface area contributed by atoms with Gasteiger partial charge in [-0.05, 0) is 55.3 Å². The van der Waals surface area contributed by atoms with Crippen molar-refractivity contribution in [2.75, 3.05) is 11.9 Å². The Morgan fingerprint density at radius 2 is 2.00 bits per heavy atom. The molecule has 0 saturated heterocycles. The van der Waals surface area contributed by atoms with Gasteiger partial charge in [0.15, 0.2) is 0 Å². The number of phenols is 1. The number of nitrogens with zero attached hydrogens (tertiary/aromatic N) is 1. The monoisotopic (exact) mass is 404 g/mol. The Kier molecular flexibility index (Phi) is 6.81. The number of nitrogens with one attached hydrogen (secondary N) is 1. The van der Waals surface area contributed by atoms with Crippen LogP contribution in [0.5, 0.6) is 5.75 Å². The molecule has 130 valence electrons. The first-order chi connectivity index (χ1) is 12.0. The Morgan fingerprint density at radius 3 is 2.64 bits per heavy atom. The van der Waals surface area contributed by atoms with E-state index < -0.39 is 12.2 Å². The second kappa shape index (κ2) is 9.06. The molecule has 0 aliphatic carbocycles. The number of ether oxygens (including phenoxy) is 1. The van der Waals surface area contributed by atoms with Crippen LogP contribution in [0, 0.1) is 11.3 Å². The van der Waals surface area contributed by atoms with Crippen LogP contribution in [0.25, 0.3) is 0 Å². The molecule has 3 N–H and O–H groups in total. The lowest BCUT2D eigenvalue weighted by molar-refractivity contribution is 0.0979. The molecular weight excluding hydrogens is 388 g/mol. The minimum absolute atomic E-state index is 0.0114. The summed E-state index contributed by atoms with van der Waals surface area (Å²) in [5, 5.41) is 30.4. The molecule has 25 heavy (non-hydrogen) atoms. The number of aliphatic hydroxyl groups excluding tert-OH is 1. The number of rotatable bonds is 6. The largest absolute Gasteiger partial charge is 0.508 e. The smallest absolute Gasteiger partial charge is 0.412 e. The number of hydrogen-bond donors (Lipinski definition) is 3. The number of anilines is 1. The summed E-state index contributed by atoms with van der Waals surface area (Å²) in [6.07, 6.45) is -0.614. The maximum atomic E-state index is 12.2. The summed E-state index contributed by atoms with van der Waals surface area (Å²) in [7, 11) is 0. The van der Waals surface area contributed by atoms with Gasteiger partial charge >= 0.3 is 6.09 Å². The van der Waals surface area contributed by atoms with Gasteiger partial charge in [-0.15, -0.1) is 0 Å². The van der Waals surface area contributed by atoms with Crippen LogP contribution in [0.4, 0.5) is 10.5 Å². The summed E-state index contributed by atoms with van der Waals surface area (Å²) in [5.74, 6) is 0.0114. The second-order valence-corrected chi connectivity index (χ2v) is 6.19. The summed E-state index contributed by atoms with van der Waals surface area (Å²) in [4.78, 5) is 12.2. The highest BCUT2D eigenvalue weighted by Gasteiger charge is 2.20. The van der Waals surface area contributed by atoms with E-state index in [0.29, 0.717) is 29.7 Å². The topological polar surface area (TPSA) is 103 Å². The first-order valence-corrected chi connectivity index (χ1v) is 8.40. The Labute approximate surface area is 153 Å². The van der Waals surface area contributed by atoms with E-state index in [4.69, 9.17) is 15.1 Å². The third-order valence-electron chi connectivity index (χ3n) is 3.47. The molecule has 1 amide bonds. The van der Waals surface area contributed by atoms with Crippen molar-refractivity contribution in [2.24, 2.45) is 0 Å². The molecule has 2 rings (SSSR count). The fourth-order valence-electron chi connectivity index (χ4n) is 2.24. The second-order valence-electron chi connectivity index (χ2n) is 5.28. The molecule has 0 fully saturated rings. The molecule has 7 heteroatoms. The van der Waals surface area contributed by atoms with Gasteiger partial charge in [-0.3, -0.25) is 5.32 Å². The molecular formula is C18H17BrN2O4. The fraction of sp³-hybridized carbons (Fsp3) is 0.222. The van der Waals surface area contributed by atoms with Gasteiger partial charge < -0.3 is 14.9 Å². The Balaban J connectivity index is 2.11. The van der Waals surface area contributed by atoms with Crippen molar-refractivity contribution in [3.8, 4) is 11.8 Å². The van der Waals surface area contributed by atoms with E-state index in [2.05, 4.69) is 21.2 Å². The molecule has 0 unspecified atom stereocenters. The van der Waals surface area contributed by atoms with Crippen molar-refractivity contribution < 1.29 is 19.7 Å². The van der Waals surface area contributed by atoms with Crippen molar-refractivity contribution in [2.45, 2.75) is 18.9 Å².